The number of halogens is 1. The highest BCUT2D eigenvalue weighted by atomic mass is 79.9. The van der Waals surface area contributed by atoms with Gasteiger partial charge >= 0.3 is 0 Å². The van der Waals surface area contributed by atoms with Gasteiger partial charge in [0.05, 0.1) is 22.7 Å². The van der Waals surface area contributed by atoms with Crippen molar-refractivity contribution in [3.05, 3.63) is 108 Å². The van der Waals surface area contributed by atoms with Crippen LogP contribution in [-0.2, 0) is 12.8 Å². The first-order valence-electron chi connectivity index (χ1n) is 11.0. The molecule has 0 unspecified atom stereocenters. The van der Waals surface area contributed by atoms with Crippen LogP contribution in [0.4, 0.5) is 5.69 Å². The molecule has 0 aliphatic carbocycles. The molecule has 0 aliphatic rings. The Balaban J connectivity index is 1.51. The molecule has 0 saturated carbocycles. The quantitative estimate of drug-likeness (QED) is 0.169. The zero-order valence-electron chi connectivity index (χ0n) is 19.2. The van der Waals surface area contributed by atoms with Gasteiger partial charge in [-0.05, 0) is 54.4 Å². The van der Waals surface area contributed by atoms with Crippen LogP contribution in [0.5, 0.6) is 5.75 Å². The van der Waals surface area contributed by atoms with Crippen molar-refractivity contribution < 1.29 is 9.66 Å². The van der Waals surface area contributed by atoms with Crippen LogP contribution in [0.25, 0.3) is 22.2 Å². The van der Waals surface area contributed by atoms with E-state index in [-0.39, 0.29) is 5.69 Å². The number of thiazole rings is 1. The molecule has 2 heterocycles. The zero-order valence-corrected chi connectivity index (χ0v) is 21.6. The zero-order chi connectivity index (χ0) is 24.5. The summed E-state index contributed by atoms with van der Waals surface area (Å²) in [4.78, 5) is 18.9. The summed E-state index contributed by atoms with van der Waals surface area (Å²) in [7, 11) is 1.71. The number of nitro benzene ring substituents is 1. The van der Waals surface area contributed by atoms with E-state index in [0.717, 1.165) is 49.7 Å². The van der Waals surface area contributed by atoms with Crippen molar-refractivity contribution in [2.24, 2.45) is 0 Å². The molecule has 3 aromatic carbocycles. The summed E-state index contributed by atoms with van der Waals surface area (Å²) in [5.74, 6) is 0.867. The van der Waals surface area contributed by atoms with E-state index in [4.69, 9.17) is 9.72 Å². The van der Waals surface area contributed by atoms with E-state index in [0.29, 0.717) is 6.42 Å². The highest BCUT2D eigenvalue weighted by Gasteiger charge is 2.18. The van der Waals surface area contributed by atoms with Gasteiger partial charge in [0.1, 0.15) is 5.75 Å². The van der Waals surface area contributed by atoms with Crippen LogP contribution in [0, 0.1) is 17.0 Å². The normalized spacial score (nSPS) is 11.2. The van der Waals surface area contributed by atoms with Crippen LogP contribution in [0.3, 0.4) is 0 Å². The van der Waals surface area contributed by atoms with E-state index in [2.05, 4.69) is 58.2 Å². The minimum Gasteiger partial charge on any atom is -0.496 e. The lowest BCUT2D eigenvalue weighted by atomic mass is 9.96. The average molecular weight is 548 g/mol. The number of ether oxygens (including phenoxy) is 1. The molecular weight excluding hydrogens is 526 g/mol. The lowest BCUT2D eigenvalue weighted by molar-refractivity contribution is -0.384. The molecular formula is C27H22BrN3O3S. The third-order valence-electron chi connectivity index (χ3n) is 6.11. The van der Waals surface area contributed by atoms with Crippen molar-refractivity contribution in [2.75, 3.05) is 7.11 Å². The number of fused-ring (bicyclic) bond motifs is 1. The van der Waals surface area contributed by atoms with E-state index < -0.39 is 4.92 Å². The number of non-ortho nitro benzene ring substituents is 1. The predicted molar refractivity (Wildman–Crippen MR) is 144 cm³/mol. The second kappa shape index (κ2) is 9.64. The molecule has 0 bridgehead atoms. The molecule has 6 nitrogen and oxygen atoms in total. The SMILES string of the molecule is COc1ccc2[nH]c(C)c(Cc3nc(-c4ccc([N+](=O)[O-])cc4)cs3)c2c1Cc1ccc(Br)cc1. The van der Waals surface area contributed by atoms with Crippen molar-refractivity contribution in [2.45, 2.75) is 19.8 Å². The molecule has 176 valence electrons. The number of H-pyrrole nitrogens is 1. The summed E-state index contributed by atoms with van der Waals surface area (Å²) in [6.45, 7) is 2.09. The molecule has 35 heavy (non-hydrogen) atoms. The van der Waals surface area contributed by atoms with Gasteiger partial charge in [-0.1, -0.05) is 28.1 Å². The van der Waals surface area contributed by atoms with Crippen molar-refractivity contribution in [1.82, 2.24) is 9.97 Å². The van der Waals surface area contributed by atoms with E-state index in [9.17, 15) is 10.1 Å². The molecule has 0 saturated heterocycles. The van der Waals surface area contributed by atoms with E-state index >= 15 is 0 Å². The second-order valence-corrected chi connectivity index (χ2v) is 10.2. The maximum Gasteiger partial charge on any atom is 0.269 e. The molecule has 0 spiro atoms. The molecule has 8 heteroatoms. The maximum atomic E-state index is 11.0. The van der Waals surface area contributed by atoms with Crippen molar-refractivity contribution in [3.63, 3.8) is 0 Å². The van der Waals surface area contributed by atoms with Gasteiger partial charge in [0.15, 0.2) is 0 Å². The molecule has 2 aromatic heterocycles. The Morgan fingerprint density at radius 1 is 1.03 bits per heavy atom. The molecule has 0 aliphatic heterocycles. The number of hydrogen-bond acceptors (Lipinski definition) is 5. The van der Waals surface area contributed by atoms with Gasteiger partial charge in [-0.3, -0.25) is 10.1 Å². The van der Waals surface area contributed by atoms with Crippen LogP contribution in [0.2, 0.25) is 0 Å². The van der Waals surface area contributed by atoms with E-state index in [1.807, 2.05) is 11.4 Å². The monoisotopic (exact) mass is 547 g/mol. The smallest absolute Gasteiger partial charge is 0.269 e. The molecule has 5 rings (SSSR count). The number of nitrogens with zero attached hydrogens (tertiary/aromatic N) is 2. The highest BCUT2D eigenvalue weighted by molar-refractivity contribution is 9.10. The van der Waals surface area contributed by atoms with E-state index in [1.165, 1.54) is 28.6 Å². The summed E-state index contributed by atoms with van der Waals surface area (Å²) in [5, 5.41) is 15.1. The molecule has 0 amide bonds. The third kappa shape index (κ3) is 4.72. The largest absolute Gasteiger partial charge is 0.496 e. The maximum absolute atomic E-state index is 11.0. The standard InChI is InChI=1S/C27H22BrN3O3S/c1-16-21(14-26-30-24(15-35-26)18-5-9-20(10-6-18)31(32)33)27-22(13-17-3-7-19(28)8-4-17)25(34-2)12-11-23(27)29-16/h3-12,15,29H,13-14H2,1-2H3. The minimum atomic E-state index is -0.393. The molecule has 0 fully saturated rings. The lowest BCUT2D eigenvalue weighted by Crippen LogP contribution is -1.97. The fourth-order valence-corrected chi connectivity index (χ4v) is 5.45. The number of hydrogen-bond donors (Lipinski definition) is 1. The summed E-state index contributed by atoms with van der Waals surface area (Å²) in [6.07, 6.45) is 1.44. The molecule has 5 aromatic rings. The Kier molecular flexibility index (Phi) is 6.40. The lowest BCUT2D eigenvalue weighted by Gasteiger charge is -2.12. The Labute approximate surface area is 214 Å². The molecule has 1 N–H and O–H groups in total. The van der Waals surface area contributed by atoms with Gasteiger partial charge in [0.2, 0.25) is 0 Å². The number of nitrogens with one attached hydrogen (secondary N) is 1. The van der Waals surface area contributed by atoms with Crippen LogP contribution in [0.1, 0.15) is 27.4 Å². The Morgan fingerprint density at radius 2 is 1.77 bits per heavy atom. The highest BCUT2D eigenvalue weighted by Crippen LogP contribution is 2.36. The fraction of sp³-hybridized carbons (Fsp3) is 0.148. The van der Waals surface area contributed by atoms with Crippen molar-refractivity contribution in [3.8, 4) is 17.0 Å². The van der Waals surface area contributed by atoms with Gasteiger partial charge < -0.3 is 9.72 Å². The number of rotatable bonds is 7. The number of methoxy groups -OCH3 is 1. The van der Waals surface area contributed by atoms with Crippen LogP contribution >= 0.6 is 27.3 Å². The summed E-state index contributed by atoms with van der Waals surface area (Å²) in [5.41, 5.74) is 7.52. The van der Waals surface area contributed by atoms with Crippen molar-refractivity contribution >= 4 is 43.9 Å². The van der Waals surface area contributed by atoms with E-state index in [1.54, 1.807) is 30.6 Å². The van der Waals surface area contributed by atoms with Gasteiger partial charge in [-0.25, -0.2) is 4.98 Å². The number of aromatic amines is 1. The van der Waals surface area contributed by atoms with Crippen molar-refractivity contribution in [1.29, 1.82) is 0 Å². The molecule has 0 radical (unpaired) electrons. The first kappa shape index (κ1) is 23.3. The van der Waals surface area contributed by atoms with Gasteiger partial charge in [-0.2, -0.15) is 0 Å². The number of benzene rings is 3. The van der Waals surface area contributed by atoms with Gasteiger partial charge in [-0.15, -0.1) is 11.3 Å². The fourth-order valence-electron chi connectivity index (χ4n) is 4.37. The Morgan fingerprint density at radius 3 is 2.46 bits per heavy atom. The van der Waals surface area contributed by atoms with Crippen LogP contribution < -0.4 is 4.74 Å². The van der Waals surface area contributed by atoms with Crippen LogP contribution in [-0.4, -0.2) is 22.0 Å². The number of nitro groups is 1. The first-order chi connectivity index (χ1) is 16.9. The Bertz CT molecular complexity index is 1520. The second-order valence-electron chi connectivity index (χ2n) is 8.31. The number of aromatic nitrogens is 2. The topological polar surface area (TPSA) is 81.0 Å². The third-order valence-corrected chi connectivity index (χ3v) is 7.49. The summed E-state index contributed by atoms with van der Waals surface area (Å²) in [6, 6.07) is 19.0. The first-order valence-corrected chi connectivity index (χ1v) is 12.7. The summed E-state index contributed by atoms with van der Waals surface area (Å²) >= 11 is 5.11. The van der Waals surface area contributed by atoms with Gasteiger partial charge in [0, 0.05) is 62.6 Å². The van der Waals surface area contributed by atoms with Gasteiger partial charge in [0.25, 0.3) is 5.69 Å². The van der Waals surface area contributed by atoms with Crippen LogP contribution in [0.15, 0.2) is 70.5 Å². The Hall–Kier alpha value is -3.49. The molecule has 0 atom stereocenters. The minimum absolute atomic E-state index is 0.0749. The predicted octanol–water partition coefficient (Wildman–Crippen LogP) is 7.46. The summed E-state index contributed by atoms with van der Waals surface area (Å²) < 4.78 is 6.82. The number of aryl methyl sites for hydroxylation is 1. The average Bonchev–Trinajstić information content (AvgIpc) is 3.45.